The zero-order valence-electron chi connectivity index (χ0n) is 21.1. The first-order chi connectivity index (χ1) is 17.5. The third-order valence-corrected chi connectivity index (χ3v) is 6.45. The molecular weight excluding hydrogens is 468 g/mol. The number of hydrogen-bond donors (Lipinski definition) is 2. The molecule has 0 aliphatic rings. The fourth-order valence-corrected chi connectivity index (χ4v) is 4.06. The van der Waals surface area contributed by atoms with E-state index in [4.69, 9.17) is 19.7 Å². The van der Waals surface area contributed by atoms with Gasteiger partial charge in [-0.3, -0.25) is 0 Å². The summed E-state index contributed by atoms with van der Waals surface area (Å²) in [6, 6.07) is 24.8. The van der Waals surface area contributed by atoms with Gasteiger partial charge in [-0.05, 0) is 96.8 Å². The van der Waals surface area contributed by atoms with Crippen LogP contribution in [0.4, 0.5) is 0 Å². The molecule has 4 aromatic rings. The second kappa shape index (κ2) is 10.2. The molecule has 4 aromatic carbocycles. The van der Waals surface area contributed by atoms with Gasteiger partial charge in [0.25, 0.3) is 0 Å². The summed E-state index contributed by atoms with van der Waals surface area (Å²) in [6.45, 7) is 8.29. The van der Waals surface area contributed by atoms with Gasteiger partial charge in [0.1, 0.15) is 23.0 Å². The van der Waals surface area contributed by atoms with E-state index in [1.54, 1.807) is 24.3 Å². The van der Waals surface area contributed by atoms with Gasteiger partial charge in [0.2, 0.25) is 0 Å². The van der Waals surface area contributed by atoms with Crippen LogP contribution in [0, 0.1) is 13.8 Å². The largest absolute Gasteiger partial charge is 0.478 e. The van der Waals surface area contributed by atoms with Gasteiger partial charge in [-0.1, -0.05) is 38.1 Å². The van der Waals surface area contributed by atoms with Crippen LogP contribution in [0.25, 0.3) is 0 Å². The van der Waals surface area contributed by atoms with E-state index in [0.29, 0.717) is 23.0 Å². The van der Waals surface area contributed by atoms with Gasteiger partial charge >= 0.3 is 11.9 Å². The van der Waals surface area contributed by atoms with Gasteiger partial charge in [-0.2, -0.15) is 0 Å². The first-order valence-corrected chi connectivity index (χ1v) is 11.8. The lowest BCUT2D eigenvalue weighted by Gasteiger charge is -2.28. The molecule has 2 N–H and O–H groups in total. The Hall–Kier alpha value is -4.58. The Morgan fingerprint density at radius 3 is 1.24 bits per heavy atom. The molecule has 0 radical (unpaired) electrons. The summed E-state index contributed by atoms with van der Waals surface area (Å²) in [5.41, 5.74) is 4.31. The molecule has 0 atom stereocenters. The Bertz CT molecular complexity index is 1340. The molecule has 0 saturated carbocycles. The maximum atomic E-state index is 11.1. The van der Waals surface area contributed by atoms with Crippen LogP contribution >= 0.6 is 0 Å². The van der Waals surface area contributed by atoms with Crippen LogP contribution < -0.4 is 9.47 Å². The summed E-state index contributed by atoms with van der Waals surface area (Å²) in [5, 5.41) is 18.1. The molecule has 0 saturated heterocycles. The average molecular weight is 497 g/mol. The topological polar surface area (TPSA) is 93.1 Å². The lowest BCUT2D eigenvalue weighted by atomic mass is 9.77. The fourth-order valence-electron chi connectivity index (χ4n) is 4.06. The Kier molecular flexibility index (Phi) is 7.02. The standard InChI is InChI=1S/C31H28O6/c1-19-17-23(9-15-27(19)36-25-11-5-21(6-12-25)29(32)33)31(3,4)24-10-16-28(20(2)18-24)37-26-13-7-22(8-14-26)30(34)35/h5-18H,1-4H3,(H,32,33)(H,34,35). The van der Waals surface area contributed by atoms with E-state index >= 15 is 0 Å². The highest BCUT2D eigenvalue weighted by Crippen LogP contribution is 2.37. The predicted octanol–water partition coefficient (Wildman–Crippen LogP) is 7.61. The minimum atomic E-state index is -0.974. The number of rotatable bonds is 8. The van der Waals surface area contributed by atoms with Crippen molar-refractivity contribution in [2.24, 2.45) is 0 Å². The quantitative estimate of drug-likeness (QED) is 0.261. The van der Waals surface area contributed by atoms with Gasteiger partial charge in [-0.15, -0.1) is 0 Å². The summed E-state index contributed by atoms with van der Waals surface area (Å²) < 4.78 is 12.0. The van der Waals surface area contributed by atoms with Crippen LogP contribution in [-0.2, 0) is 5.41 Å². The lowest BCUT2D eigenvalue weighted by Crippen LogP contribution is -2.19. The van der Waals surface area contributed by atoms with Gasteiger partial charge in [-0.25, -0.2) is 9.59 Å². The second-order valence-electron chi connectivity index (χ2n) is 9.45. The summed E-state index contributed by atoms with van der Waals surface area (Å²) >= 11 is 0. The van der Waals surface area contributed by atoms with E-state index in [9.17, 15) is 9.59 Å². The van der Waals surface area contributed by atoms with Crippen LogP contribution in [0.5, 0.6) is 23.0 Å². The van der Waals surface area contributed by atoms with Crippen LogP contribution in [0.2, 0.25) is 0 Å². The van der Waals surface area contributed by atoms with Crippen LogP contribution in [0.1, 0.15) is 56.8 Å². The molecule has 0 aliphatic heterocycles. The molecule has 37 heavy (non-hydrogen) atoms. The van der Waals surface area contributed by atoms with Gasteiger partial charge in [0.15, 0.2) is 0 Å². The summed E-state index contributed by atoms with van der Waals surface area (Å²) in [7, 11) is 0. The van der Waals surface area contributed by atoms with E-state index in [2.05, 4.69) is 26.0 Å². The summed E-state index contributed by atoms with van der Waals surface area (Å²) in [5.74, 6) is 0.609. The van der Waals surface area contributed by atoms with E-state index in [1.165, 1.54) is 24.3 Å². The molecule has 0 unspecified atom stereocenters. The molecule has 0 heterocycles. The molecule has 4 rings (SSSR count). The van der Waals surface area contributed by atoms with Gasteiger partial charge < -0.3 is 19.7 Å². The van der Waals surface area contributed by atoms with Crippen molar-refractivity contribution >= 4 is 11.9 Å². The minimum Gasteiger partial charge on any atom is -0.478 e. The summed E-state index contributed by atoms with van der Waals surface area (Å²) in [4.78, 5) is 22.1. The van der Waals surface area contributed by atoms with Gasteiger partial charge in [0, 0.05) is 5.41 Å². The highest BCUT2D eigenvalue weighted by molar-refractivity contribution is 5.88. The van der Waals surface area contributed by atoms with Crippen molar-refractivity contribution in [1.82, 2.24) is 0 Å². The predicted molar refractivity (Wildman–Crippen MR) is 141 cm³/mol. The molecule has 6 heteroatoms. The van der Waals surface area contributed by atoms with Crippen LogP contribution in [0.3, 0.4) is 0 Å². The van der Waals surface area contributed by atoms with Crippen LogP contribution in [0.15, 0.2) is 84.9 Å². The van der Waals surface area contributed by atoms with Crippen molar-refractivity contribution < 1.29 is 29.3 Å². The van der Waals surface area contributed by atoms with Crippen LogP contribution in [-0.4, -0.2) is 22.2 Å². The van der Waals surface area contributed by atoms with Gasteiger partial charge in [0.05, 0.1) is 11.1 Å². The molecule has 188 valence electrons. The fraction of sp³-hybridized carbons (Fsp3) is 0.161. The van der Waals surface area contributed by atoms with Crippen molar-refractivity contribution in [2.45, 2.75) is 33.1 Å². The normalized spacial score (nSPS) is 11.1. The number of aromatic carboxylic acids is 2. The maximum Gasteiger partial charge on any atom is 0.335 e. The Morgan fingerprint density at radius 1 is 0.595 bits per heavy atom. The smallest absolute Gasteiger partial charge is 0.335 e. The third kappa shape index (κ3) is 5.64. The minimum absolute atomic E-state index is 0.212. The van der Waals surface area contributed by atoms with Crippen molar-refractivity contribution in [1.29, 1.82) is 0 Å². The van der Waals surface area contributed by atoms with Crippen molar-refractivity contribution in [3.8, 4) is 23.0 Å². The van der Waals surface area contributed by atoms with Crippen molar-refractivity contribution in [3.63, 3.8) is 0 Å². The third-order valence-electron chi connectivity index (χ3n) is 6.45. The number of carboxylic acids is 2. The molecule has 0 aliphatic carbocycles. The van der Waals surface area contributed by atoms with Crippen molar-refractivity contribution in [3.05, 3.63) is 118 Å². The van der Waals surface area contributed by atoms with E-state index in [0.717, 1.165) is 22.3 Å². The SMILES string of the molecule is Cc1cc(C(C)(C)c2ccc(Oc3ccc(C(=O)O)cc3)c(C)c2)ccc1Oc1ccc(C(=O)O)cc1. The zero-order chi connectivity index (χ0) is 26.7. The molecular formula is C31H28O6. The summed E-state index contributed by atoms with van der Waals surface area (Å²) in [6.07, 6.45) is 0. The monoisotopic (exact) mass is 496 g/mol. The number of carboxylic acid groups (broad SMARTS) is 2. The molecule has 0 bridgehead atoms. The Labute approximate surface area is 215 Å². The maximum absolute atomic E-state index is 11.1. The average Bonchev–Trinajstić information content (AvgIpc) is 2.87. The molecule has 6 nitrogen and oxygen atoms in total. The van der Waals surface area contributed by atoms with Crippen molar-refractivity contribution in [2.75, 3.05) is 0 Å². The lowest BCUT2D eigenvalue weighted by molar-refractivity contribution is 0.0686. The Balaban J connectivity index is 1.52. The number of ether oxygens (including phenoxy) is 2. The number of carbonyl (C=O) groups is 2. The number of aryl methyl sites for hydroxylation is 2. The first kappa shape index (κ1) is 25.5. The highest BCUT2D eigenvalue weighted by atomic mass is 16.5. The zero-order valence-corrected chi connectivity index (χ0v) is 21.1. The molecule has 0 fully saturated rings. The highest BCUT2D eigenvalue weighted by Gasteiger charge is 2.25. The van der Waals surface area contributed by atoms with E-state index in [-0.39, 0.29) is 16.5 Å². The second-order valence-corrected chi connectivity index (χ2v) is 9.45. The van der Waals surface area contributed by atoms with E-state index in [1.807, 2.05) is 38.1 Å². The number of benzene rings is 4. The molecule has 0 aromatic heterocycles. The van der Waals surface area contributed by atoms with E-state index < -0.39 is 11.9 Å². The molecule has 0 amide bonds. The number of hydrogen-bond acceptors (Lipinski definition) is 4. The Morgan fingerprint density at radius 2 is 0.946 bits per heavy atom. The first-order valence-electron chi connectivity index (χ1n) is 11.8. The molecule has 0 spiro atoms.